The Kier molecular flexibility index (Phi) is 3.51. The van der Waals surface area contributed by atoms with Crippen molar-refractivity contribution < 1.29 is 22.9 Å². The Morgan fingerprint density at radius 3 is 1.68 bits per heavy atom. The molecule has 0 N–H and O–H groups in total. The standard InChI is InChI=1S/2C9H11.Hf/c2*1-2-5-9-7-3-6-8(9)4-1;/h2*3,6-7H,1-2,4-5H2;. The summed E-state index contributed by atoms with van der Waals surface area (Å²) < 4.78 is 1.91. The number of allylic oxidation sites excluding steroid dienone is 8. The molecule has 0 aliphatic heterocycles. The van der Waals surface area contributed by atoms with Crippen LogP contribution in [0.3, 0.4) is 0 Å². The summed E-state index contributed by atoms with van der Waals surface area (Å²) in [5, 5.41) is 0. The van der Waals surface area contributed by atoms with Crippen molar-refractivity contribution in [3.63, 3.8) is 0 Å². The van der Waals surface area contributed by atoms with Gasteiger partial charge in [0.2, 0.25) is 0 Å². The van der Waals surface area contributed by atoms with E-state index in [4.69, 9.17) is 0 Å². The van der Waals surface area contributed by atoms with E-state index >= 15 is 0 Å². The SMILES string of the molecule is C1=C[CH]([Hf][CH]2C=CC3=C2CCCC3)C2=C1CCCC2. The van der Waals surface area contributed by atoms with E-state index in [0.29, 0.717) is 0 Å². The van der Waals surface area contributed by atoms with Crippen LogP contribution in [0, 0.1) is 0 Å². The van der Waals surface area contributed by atoms with Crippen molar-refractivity contribution in [1.29, 1.82) is 0 Å². The van der Waals surface area contributed by atoms with Crippen LogP contribution < -0.4 is 0 Å². The van der Waals surface area contributed by atoms with Crippen LogP contribution in [-0.2, 0) is 22.9 Å². The fourth-order valence-corrected chi connectivity index (χ4v) is 10.9. The van der Waals surface area contributed by atoms with Gasteiger partial charge in [0.1, 0.15) is 0 Å². The second-order valence-electron chi connectivity index (χ2n) is 6.36. The van der Waals surface area contributed by atoms with Crippen molar-refractivity contribution >= 4 is 0 Å². The van der Waals surface area contributed by atoms with Gasteiger partial charge < -0.3 is 0 Å². The van der Waals surface area contributed by atoms with Crippen LogP contribution in [0.25, 0.3) is 0 Å². The minimum absolute atomic E-state index is 0.620. The summed E-state index contributed by atoms with van der Waals surface area (Å²) in [6, 6.07) is 0. The molecular weight excluding hydrogens is 395 g/mol. The van der Waals surface area contributed by atoms with Crippen LogP contribution in [0.2, 0.25) is 7.35 Å². The predicted molar refractivity (Wildman–Crippen MR) is 76.8 cm³/mol. The summed E-state index contributed by atoms with van der Waals surface area (Å²) in [6.45, 7) is 0. The number of hydrogen-bond acceptors (Lipinski definition) is 0. The maximum absolute atomic E-state index is 2.59. The summed E-state index contributed by atoms with van der Waals surface area (Å²) in [4.78, 5) is 0. The van der Waals surface area contributed by atoms with E-state index in [1.165, 1.54) is 51.4 Å². The number of rotatable bonds is 2. The van der Waals surface area contributed by atoms with Crippen molar-refractivity contribution in [2.24, 2.45) is 0 Å². The molecular formula is C18H22Hf. The molecule has 4 rings (SSSR count). The average Bonchev–Trinajstić information content (AvgIpc) is 3.05. The molecule has 0 aromatic rings. The topological polar surface area (TPSA) is 0 Å². The summed E-state index contributed by atoms with van der Waals surface area (Å²) >= 11 is -0.620. The molecule has 0 aromatic carbocycles. The predicted octanol–water partition coefficient (Wildman–Crippen LogP) is 5.53. The molecule has 0 fully saturated rings. The van der Waals surface area contributed by atoms with Gasteiger partial charge >= 0.3 is 128 Å². The fourth-order valence-electron chi connectivity index (χ4n) is 4.16. The zero-order valence-electron chi connectivity index (χ0n) is 11.6. The van der Waals surface area contributed by atoms with E-state index < -0.39 is 22.9 Å². The zero-order chi connectivity index (χ0) is 12.7. The molecule has 0 aromatic heterocycles. The van der Waals surface area contributed by atoms with Crippen LogP contribution >= 0.6 is 0 Å². The molecule has 19 heavy (non-hydrogen) atoms. The van der Waals surface area contributed by atoms with Gasteiger partial charge in [-0.25, -0.2) is 0 Å². The van der Waals surface area contributed by atoms with Crippen molar-refractivity contribution in [2.45, 2.75) is 58.7 Å². The normalized spacial score (nSPS) is 32.8. The van der Waals surface area contributed by atoms with E-state index in [2.05, 4.69) is 24.3 Å². The van der Waals surface area contributed by atoms with Crippen molar-refractivity contribution in [1.82, 2.24) is 0 Å². The molecule has 0 saturated heterocycles. The first-order valence-electron chi connectivity index (χ1n) is 7.98. The van der Waals surface area contributed by atoms with Gasteiger partial charge in [-0.2, -0.15) is 0 Å². The first kappa shape index (κ1) is 12.6. The Bertz CT molecular complexity index is 458. The Hall–Kier alpha value is -0.170. The van der Waals surface area contributed by atoms with Gasteiger partial charge in [0.05, 0.1) is 0 Å². The van der Waals surface area contributed by atoms with Crippen LogP contribution in [0.15, 0.2) is 46.6 Å². The molecule has 1 heteroatoms. The maximum atomic E-state index is 2.59. The van der Waals surface area contributed by atoms with Crippen LogP contribution in [-0.4, -0.2) is 0 Å². The van der Waals surface area contributed by atoms with Gasteiger partial charge in [0, 0.05) is 0 Å². The van der Waals surface area contributed by atoms with Gasteiger partial charge in [-0.05, 0) is 0 Å². The first-order chi connectivity index (χ1) is 9.42. The monoisotopic (exact) mass is 418 g/mol. The van der Waals surface area contributed by atoms with Crippen molar-refractivity contribution in [2.75, 3.05) is 0 Å². The Morgan fingerprint density at radius 1 is 0.684 bits per heavy atom. The molecule has 4 aliphatic carbocycles. The first-order valence-corrected chi connectivity index (χ1v) is 12.1. The van der Waals surface area contributed by atoms with E-state index in [1.807, 2.05) is 11.1 Å². The molecule has 2 atom stereocenters. The van der Waals surface area contributed by atoms with E-state index in [-0.39, 0.29) is 0 Å². The number of hydrogen-bond donors (Lipinski definition) is 0. The quantitative estimate of drug-likeness (QED) is 0.519. The van der Waals surface area contributed by atoms with Gasteiger partial charge in [0.25, 0.3) is 0 Å². The molecule has 0 heterocycles. The molecule has 0 spiro atoms. The van der Waals surface area contributed by atoms with E-state index in [9.17, 15) is 0 Å². The van der Waals surface area contributed by atoms with Crippen molar-refractivity contribution in [3.8, 4) is 0 Å². The fraction of sp³-hybridized carbons (Fsp3) is 0.556. The Balaban J connectivity index is 1.51. The minimum atomic E-state index is -0.620. The third-order valence-corrected chi connectivity index (χ3v) is 11.7. The molecule has 0 nitrogen and oxygen atoms in total. The van der Waals surface area contributed by atoms with Crippen LogP contribution in [0.5, 0.6) is 0 Å². The molecule has 0 amide bonds. The summed E-state index contributed by atoms with van der Waals surface area (Å²) in [5.74, 6) is 0. The second kappa shape index (κ2) is 5.31. The molecule has 0 saturated carbocycles. The Labute approximate surface area is 128 Å². The van der Waals surface area contributed by atoms with Gasteiger partial charge in [-0.1, -0.05) is 0 Å². The summed E-state index contributed by atoms with van der Waals surface area (Å²) in [7, 11) is 0. The zero-order valence-corrected chi connectivity index (χ0v) is 15.2. The third-order valence-electron chi connectivity index (χ3n) is 5.20. The Morgan fingerprint density at radius 2 is 1.16 bits per heavy atom. The average molecular weight is 417 g/mol. The van der Waals surface area contributed by atoms with E-state index in [0.717, 1.165) is 7.35 Å². The van der Waals surface area contributed by atoms with E-state index in [1.54, 1.807) is 11.1 Å². The molecule has 0 radical (unpaired) electrons. The molecule has 4 aliphatic rings. The molecule has 0 bridgehead atoms. The van der Waals surface area contributed by atoms with Crippen LogP contribution in [0.1, 0.15) is 51.4 Å². The molecule has 98 valence electrons. The van der Waals surface area contributed by atoms with Gasteiger partial charge in [0.15, 0.2) is 0 Å². The molecule has 2 unspecified atom stereocenters. The summed E-state index contributed by atoms with van der Waals surface area (Å²) in [5.41, 5.74) is 7.24. The van der Waals surface area contributed by atoms with Crippen molar-refractivity contribution in [3.05, 3.63) is 46.6 Å². The van der Waals surface area contributed by atoms with Crippen LogP contribution in [0.4, 0.5) is 0 Å². The van der Waals surface area contributed by atoms with Gasteiger partial charge in [-0.3, -0.25) is 0 Å². The summed E-state index contributed by atoms with van der Waals surface area (Å²) in [6.07, 6.45) is 21.5. The third kappa shape index (κ3) is 2.33. The van der Waals surface area contributed by atoms with Gasteiger partial charge in [-0.15, -0.1) is 0 Å². The second-order valence-corrected chi connectivity index (χ2v) is 12.0.